The maximum atomic E-state index is 10.4. The van der Waals surface area contributed by atoms with Crippen LogP contribution in [0.15, 0.2) is 12.1 Å². The molecule has 54 valence electrons. The second-order valence-electron chi connectivity index (χ2n) is 1.75. The molecule has 0 unspecified atom stereocenters. The number of nitrogen functional groups attached to an aromatic ring is 1. The van der Waals surface area contributed by atoms with Gasteiger partial charge in [0.2, 0.25) is 0 Å². The Morgan fingerprint density at radius 1 is 1.70 bits per heavy atom. The van der Waals surface area contributed by atoms with Gasteiger partial charge >= 0.3 is 5.97 Å². The number of ether oxygens (including phenoxy) is 1. The summed E-state index contributed by atoms with van der Waals surface area (Å²) in [7, 11) is 0. The Morgan fingerprint density at radius 3 is 2.80 bits per heavy atom. The van der Waals surface area contributed by atoms with Crippen LogP contribution in [0, 0.1) is 0 Å². The Kier molecular flexibility index (Phi) is 1.91. The summed E-state index contributed by atoms with van der Waals surface area (Å²) in [5, 5.41) is 1.20. The number of hydrogen-bond acceptors (Lipinski definition) is 4. The minimum atomic E-state index is -0.318. The van der Waals surface area contributed by atoms with Gasteiger partial charge in [-0.2, -0.15) is 0 Å². The van der Waals surface area contributed by atoms with Crippen molar-refractivity contribution >= 4 is 22.3 Å². The van der Waals surface area contributed by atoms with Crippen LogP contribution in [0.1, 0.15) is 6.92 Å². The van der Waals surface area contributed by atoms with Crippen molar-refractivity contribution in [2.45, 2.75) is 6.92 Å². The number of thiophene rings is 1. The fraction of sp³-hybridized carbons (Fsp3) is 0.167. The molecule has 10 heavy (non-hydrogen) atoms. The summed E-state index contributed by atoms with van der Waals surface area (Å²) in [5.74, 6) is -0.318. The van der Waals surface area contributed by atoms with Crippen LogP contribution in [0.3, 0.4) is 0 Å². The predicted octanol–water partition coefficient (Wildman–Crippen LogP) is 1.26. The Bertz CT molecular complexity index is 244. The summed E-state index contributed by atoms with van der Waals surface area (Å²) >= 11 is 1.25. The lowest BCUT2D eigenvalue weighted by molar-refractivity contribution is -0.131. The standard InChI is InChI=1S/C6H7NO2S/c1-4(8)9-6-3-2-5(7)10-6/h2-3H,7H2,1H3. The van der Waals surface area contributed by atoms with E-state index in [1.54, 1.807) is 12.1 Å². The molecule has 0 aliphatic rings. The lowest BCUT2D eigenvalue weighted by Crippen LogP contribution is -1.98. The summed E-state index contributed by atoms with van der Waals surface area (Å²) in [6, 6.07) is 3.37. The zero-order valence-electron chi connectivity index (χ0n) is 5.46. The van der Waals surface area contributed by atoms with Crippen molar-refractivity contribution in [3.8, 4) is 5.06 Å². The van der Waals surface area contributed by atoms with Crippen LogP contribution in [-0.4, -0.2) is 5.97 Å². The van der Waals surface area contributed by atoms with Crippen molar-refractivity contribution in [2.75, 3.05) is 5.73 Å². The van der Waals surface area contributed by atoms with Gasteiger partial charge in [-0.05, 0) is 12.1 Å². The van der Waals surface area contributed by atoms with Crippen LogP contribution in [0.25, 0.3) is 0 Å². The van der Waals surface area contributed by atoms with Crippen LogP contribution in [-0.2, 0) is 4.79 Å². The second kappa shape index (κ2) is 2.70. The highest BCUT2D eigenvalue weighted by atomic mass is 32.1. The smallest absolute Gasteiger partial charge is 0.308 e. The molecule has 1 rings (SSSR count). The quantitative estimate of drug-likeness (QED) is 0.624. The van der Waals surface area contributed by atoms with Gasteiger partial charge in [0.1, 0.15) is 0 Å². The van der Waals surface area contributed by atoms with Crippen LogP contribution in [0.4, 0.5) is 5.00 Å². The molecule has 0 saturated heterocycles. The first-order valence-electron chi connectivity index (χ1n) is 2.72. The highest BCUT2D eigenvalue weighted by Crippen LogP contribution is 2.25. The number of carbonyl (C=O) groups excluding carboxylic acids is 1. The molecular formula is C6H7NO2S. The van der Waals surface area contributed by atoms with E-state index in [4.69, 9.17) is 10.5 Å². The molecule has 0 amide bonds. The molecule has 2 N–H and O–H groups in total. The van der Waals surface area contributed by atoms with Crippen LogP contribution >= 0.6 is 11.3 Å². The molecule has 0 fully saturated rings. The number of carbonyl (C=O) groups is 1. The second-order valence-corrected chi connectivity index (χ2v) is 2.83. The Morgan fingerprint density at radius 2 is 2.40 bits per heavy atom. The first-order chi connectivity index (χ1) is 4.68. The SMILES string of the molecule is CC(=O)Oc1ccc(N)s1. The molecule has 3 nitrogen and oxygen atoms in total. The topological polar surface area (TPSA) is 52.3 Å². The lowest BCUT2D eigenvalue weighted by Gasteiger charge is -1.92. The third kappa shape index (κ3) is 1.73. The number of rotatable bonds is 1. The molecule has 0 aromatic carbocycles. The number of esters is 1. The molecular weight excluding hydrogens is 150 g/mol. The fourth-order valence-electron chi connectivity index (χ4n) is 0.531. The van der Waals surface area contributed by atoms with E-state index in [0.29, 0.717) is 10.1 Å². The first kappa shape index (κ1) is 7.08. The van der Waals surface area contributed by atoms with Gasteiger partial charge in [0.15, 0.2) is 5.06 Å². The summed E-state index contributed by atoms with van der Waals surface area (Å²) in [4.78, 5) is 10.4. The van der Waals surface area contributed by atoms with Gasteiger partial charge in [-0.3, -0.25) is 4.79 Å². The van der Waals surface area contributed by atoms with Crippen molar-refractivity contribution in [3.05, 3.63) is 12.1 Å². The van der Waals surface area contributed by atoms with Gasteiger partial charge in [0.25, 0.3) is 0 Å². The van der Waals surface area contributed by atoms with E-state index >= 15 is 0 Å². The molecule has 0 atom stereocenters. The maximum Gasteiger partial charge on any atom is 0.308 e. The third-order valence-corrected chi connectivity index (χ3v) is 1.64. The van der Waals surface area contributed by atoms with Gasteiger partial charge in [-0.15, -0.1) is 0 Å². The van der Waals surface area contributed by atoms with E-state index in [2.05, 4.69) is 0 Å². The van der Waals surface area contributed by atoms with Gasteiger partial charge in [-0.1, -0.05) is 11.3 Å². The first-order valence-corrected chi connectivity index (χ1v) is 3.54. The van der Waals surface area contributed by atoms with Gasteiger partial charge < -0.3 is 10.5 Å². The number of hydrogen-bond donors (Lipinski definition) is 1. The summed E-state index contributed by atoms with van der Waals surface area (Å²) in [6.07, 6.45) is 0. The Labute approximate surface area is 62.4 Å². The van der Waals surface area contributed by atoms with Crippen molar-refractivity contribution < 1.29 is 9.53 Å². The van der Waals surface area contributed by atoms with E-state index in [1.807, 2.05) is 0 Å². The lowest BCUT2D eigenvalue weighted by atomic mass is 10.6. The van der Waals surface area contributed by atoms with Gasteiger partial charge in [0, 0.05) is 6.92 Å². The molecule has 0 aliphatic carbocycles. The molecule has 1 aromatic heterocycles. The molecule has 0 spiro atoms. The summed E-state index contributed by atoms with van der Waals surface area (Å²) < 4.78 is 4.73. The normalized spacial score (nSPS) is 9.30. The molecule has 1 heterocycles. The molecule has 0 bridgehead atoms. The maximum absolute atomic E-state index is 10.4. The van der Waals surface area contributed by atoms with Crippen LogP contribution in [0.5, 0.6) is 5.06 Å². The highest BCUT2D eigenvalue weighted by molar-refractivity contribution is 7.17. The summed E-state index contributed by atoms with van der Waals surface area (Å²) in [5.41, 5.74) is 5.38. The Hall–Kier alpha value is -1.03. The zero-order valence-corrected chi connectivity index (χ0v) is 6.27. The molecule has 0 radical (unpaired) electrons. The minimum absolute atomic E-state index is 0.318. The largest absolute Gasteiger partial charge is 0.416 e. The molecule has 0 aliphatic heterocycles. The average Bonchev–Trinajstić information content (AvgIpc) is 2.13. The van der Waals surface area contributed by atoms with E-state index < -0.39 is 0 Å². The van der Waals surface area contributed by atoms with Gasteiger partial charge in [0.05, 0.1) is 5.00 Å². The monoisotopic (exact) mass is 157 g/mol. The highest BCUT2D eigenvalue weighted by Gasteiger charge is 1.99. The van der Waals surface area contributed by atoms with Crippen LogP contribution < -0.4 is 10.5 Å². The van der Waals surface area contributed by atoms with Crippen molar-refractivity contribution in [3.63, 3.8) is 0 Å². The molecule has 1 aromatic rings. The van der Waals surface area contributed by atoms with Crippen molar-refractivity contribution in [1.82, 2.24) is 0 Å². The van der Waals surface area contributed by atoms with Crippen molar-refractivity contribution in [2.24, 2.45) is 0 Å². The number of anilines is 1. The molecule has 4 heteroatoms. The van der Waals surface area contributed by atoms with Crippen molar-refractivity contribution in [1.29, 1.82) is 0 Å². The summed E-state index contributed by atoms with van der Waals surface area (Å²) in [6.45, 7) is 1.36. The third-order valence-electron chi connectivity index (χ3n) is 0.846. The zero-order chi connectivity index (χ0) is 7.56. The van der Waals surface area contributed by atoms with E-state index in [0.717, 1.165) is 0 Å². The number of nitrogens with two attached hydrogens (primary N) is 1. The van der Waals surface area contributed by atoms with E-state index in [9.17, 15) is 4.79 Å². The van der Waals surface area contributed by atoms with Crippen LogP contribution in [0.2, 0.25) is 0 Å². The Balaban J connectivity index is 2.67. The van der Waals surface area contributed by atoms with E-state index in [1.165, 1.54) is 18.3 Å². The minimum Gasteiger partial charge on any atom is -0.416 e. The predicted molar refractivity (Wildman–Crippen MR) is 40.0 cm³/mol. The molecule has 0 saturated carbocycles. The van der Waals surface area contributed by atoms with Gasteiger partial charge in [-0.25, -0.2) is 0 Å². The average molecular weight is 157 g/mol. The van der Waals surface area contributed by atoms with E-state index in [-0.39, 0.29) is 5.97 Å². The fourth-order valence-corrected chi connectivity index (χ4v) is 1.19.